The number of benzene rings is 1. The highest BCUT2D eigenvalue weighted by Gasteiger charge is 2.21. The summed E-state index contributed by atoms with van der Waals surface area (Å²) in [5.74, 6) is -0.740. The Morgan fingerprint density at radius 2 is 2.04 bits per heavy atom. The van der Waals surface area contributed by atoms with E-state index in [0.29, 0.717) is 12.5 Å². The number of carboxylic acids is 1. The van der Waals surface area contributed by atoms with Crippen LogP contribution in [0.1, 0.15) is 40.2 Å². The number of pyridine rings is 1. The van der Waals surface area contributed by atoms with Crippen LogP contribution < -0.4 is 0 Å². The summed E-state index contributed by atoms with van der Waals surface area (Å²) in [7, 11) is 0. The Balaban J connectivity index is 1.59. The predicted octanol–water partition coefficient (Wildman–Crippen LogP) is 3.30. The van der Waals surface area contributed by atoms with Gasteiger partial charge in [0, 0.05) is 18.9 Å². The molecule has 1 saturated heterocycles. The van der Waals surface area contributed by atoms with E-state index in [4.69, 9.17) is 5.11 Å². The van der Waals surface area contributed by atoms with Crippen LogP contribution in [0.3, 0.4) is 0 Å². The van der Waals surface area contributed by atoms with Gasteiger partial charge in [-0.05, 0) is 61.2 Å². The SMILES string of the molecule is O=C(O)c1cncc(CN2CCC(c3cccc(F)c3)CC2)c1. The highest BCUT2D eigenvalue weighted by atomic mass is 19.1. The number of aromatic carboxylic acids is 1. The van der Waals surface area contributed by atoms with Crippen LogP contribution in [0, 0.1) is 5.82 Å². The third kappa shape index (κ3) is 3.93. The smallest absolute Gasteiger partial charge is 0.337 e. The molecule has 0 unspecified atom stereocenters. The molecule has 0 bridgehead atoms. The van der Waals surface area contributed by atoms with Crippen molar-refractivity contribution in [2.24, 2.45) is 0 Å². The van der Waals surface area contributed by atoms with Crippen LogP contribution >= 0.6 is 0 Å². The van der Waals surface area contributed by atoms with Gasteiger partial charge in [0.2, 0.25) is 0 Å². The average Bonchev–Trinajstić information content (AvgIpc) is 2.56. The Morgan fingerprint density at radius 1 is 1.26 bits per heavy atom. The van der Waals surface area contributed by atoms with Gasteiger partial charge in [0.1, 0.15) is 5.82 Å². The van der Waals surface area contributed by atoms with Gasteiger partial charge >= 0.3 is 5.97 Å². The Hall–Kier alpha value is -2.27. The highest BCUT2D eigenvalue weighted by Crippen LogP contribution is 2.28. The Bertz CT molecular complexity index is 697. The van der Waals surface area contributed by atoms with Gasteiger partial charge in [-0.25, -0.2) is 9.18 Å². The number of carboxylic acid groups (broad SMARTS) is 1. The van der Waals surface area contributed by atoms with Gasteiger partial charge < -0.3 is 5.11 Å². The van der Waals surface area contributed by atoms with Gasteiger partial charge in [-0.3, -0.25) is 9.88 Å². The molecule has 2 aromatic rings. The zero-order valence-electron chi connectivity index (χ0n) is 12.8. The first-order chi connectivity index (χ1) is 11.1. The number of aromatic nitrogens is 1. The first-order valence-electron chi connectivity index (χ1n) is 7.77. The van der Waals surface area contributed by atoms with E-state index in [2.05, 4.69) is 9.88 Å². The molecule has 3 rings (SSSR count). The van der Waals surface area contributed by atoms with Crippen molar-refractivity contribution < 1.29 is 14.3 Å². The molecule has 1 aromatic heterocycles. The van der Waals surface area contributed by atoms with Crippen LogP contribution in [0.2, 0.25) is 0 Å². The molecule has 1 N–H and O–H groups in total. The molecule has 23 heavy (non-hydrogen) atoms. The number of likely N-dealkylation sites (tertiary alicyclic amines) is 1. The summed E-state index contributed by atoms with van der Waals surface area (Å²) < 4.78 is 13.3. The van der Waals surface area contributed by atoms with E-state index >= 15 is 0 Å². The van der Waals surface area contributed by atoms with E-state index in [-0.39, 0.29) is 11.4 Å². The van der Waals surface area contributed by atoms with Crippen molar-refractivity contribution in [3.05, 3.63) is 65.2 Å². The monoisotopic (exact) mass is 314 g/mol. The minimum atomic E-state index is -0.954. The normalized spacial score (nSPS) is 16.4. The van der Waals surface area contributed by atoms with Gasteiger partial charge in [-0.1, -0.05) is 12.1 Å². The number of halogens is 1. The Labute approximate surface area is 134 Å². The molecule has 120 valence electrons. The van der Waals surface area contributed by atoms with Crippen molar-refractivity contribution in [1.82, 2.24) is 9.88 Å². The van der Waals surface area contributed by atoms with Gasteiger partial charge in [0.05, 0.1) is 5.56 Å². The average molecular weight is 314 g/mol. The molecule has 1 aliphatic heterocycles. The first-order valence-corrected chi connectivity index (χ1v) is 7.77. The molecule has 0 aliphatic carbocycles. The maximum Gasteiger partial charge on any atom is 0.337 e. The van der Waals surface area contributed by atoms with Crippen LogP contribution in [0.25, 0.3) is 0 Å². The van der Waals surface area contributed by atoms with Crippen molar-refractivity contribution >= 4 is 5.97 Å². The zero-order chi connectivity index (χ0) is 16.2. The molecule has 1 aliphatic rings. The van der Waals surface area contributed by atoms with E-state index in [9.17, 15) is 9.18 Å². The van der Waals surface area contributed by atoms with E-state index in [0.717, 1.165) is 37.1 Å². The number of rotatable bonds is 4. The molecular formula is C18H19FN2O2. The quantitative estimate of drug-likeness (QED) is 0.941. The molecule has 0 amide bonds. The van der Waals surface area contributed by atoms with E-state index in [1.54, 1.807) is 24.4 Å². The molecule has 0 saturated carbocycles. The van der Waals surface area contributed by atoms with E-state index in [1.165, 1.54) is 12.3 Å². The summed E-state index contributed by atoms with van der Waals surface area (Å²) >= 11 is 0. The van der Waals surface area contributed by atoms with Crippen molar-refractivity contribution in [2.75, 3.05) is 13.1 Å². The number of nitrogens with zero attached hydrogens (tertiary/aromatic N) is 2. The van der Waals surface area contributed by atoms with E-state index < -0.39 is 5.97 Å². The van der Waals surface area contributed by atoms with Crippen LogP contribution in [0.5, 0.6) is 0 Å². The summed E-state index contributed by atoms with van der Waals surface area (Å²) in [4.78, 5) is 17.3. The van der Waals surface area contributed by atoms with Gasteiger partial charge in [-0.15, -0.1) is 0 Å². The molecular weight excluding hydrogens is 295 g/mol. The van der Waals surface area contributed by atoms with Crippen molar-refractivity contribution in [1.29, 1.82) is 0 Å². The third-order valence-corrected chi connectivity index (χ3v) is 4.36. The van der Waals surface area contributed by atoms with Crippen molar-refractivity contribution in [3.8, 4) is 0 Å². The standard InChI is InChI=1S/C18H19FN2O2/c19-17-3-1-2-15(9-17)14-4-6-21(7-5-14)12-13-8-16(18(22)23)11-20-10-13/h1-3,8-11,14H,4-7,12H2,(H,22,23). The first kappa shape index (κ1) is 15.6. The maximum atomic E-state index is 13.3. The minimum Gasteiger partial charge on any atom is -0.478 e. The van der Waals surface area contributed by atoms with Crippen LogP contribution in [-0.2, 0) is 6.54 Å². The lowest BCUT2D eigenvalue weighted by Gasteiger charge is -2.32. The van der Waals surface area contributed by atoms with Crippen molar-refractivity contribution in [3.63, 3.8) is 0 Å². The fraction of sp³-hybridized carbons (Fsp3) is 0.333. The number of carbonyl (C=O) groups is 1. The lowest BCUT2D eigenvalue weighted by molar-refractivity contribution is 0.0696. The second-order valence-corrected chi connectivity index (χ2v) is 5.99. The van der Waals surface area contributed by atoms with Crippen LogP contribution in [-0.4, -0.2) is 34.0 Å². The Kier molecular flexibility index (Phi) is 4.67. The lowest BCUT2D eigenvalue weighted by atomic mass is 9.89. The van der Waals surface area contributed by atoms with Gasteiger partial charge in [0.15, 0.2) is 0 Å². The van der Waals surface area contributed by atoms with Crippen LogP contribution in [0.15, 0.2) is 42.7 Å². The number of piperidine rings is 1. The molecule has 1 aromatic carbocycles. The summed E-state index contributed by atoms with van der Waals surface area (Å²) in [5, 5.41) is 9.01. The van der Waals surface area contributed by atoms with Crippen LogP contribution in [0.4, 0.5) is 4.39 Å². The highest BCUT2D eigenvalue weighted by molar-refractivity contribution is 5.87. The largest absolute Gasteiger partial charge is 0.478 e. The molecule has 4 nitrogen and oxygen atoms in total. The molecule has 0 radical (unpaired) electrons. The number of hydrogen-bond donors (Lipinski definition) is 1. The summed E-state index contributed by atoms with van der Waals surface area (Å²) in [6.45, 7) is 2.53. The second kappa shape index (κ2) is 6.87. The third-order valence-electron chi connectivity index (χ3n) is 4.36. The van der Waals surface area contributed by atoms with E-state index in [1.807, 2.05) is 6.07 Å². The maximum absolute atomic E-state index is 13.3. The molecule has 1 fully saturated rings. The lowest BCUT2D eigenvalue weighted by Crippen LogP contribution is -2.32. The molecule has 2 heterocycles. The Morgan fingerprint density at radius 3 is 2.74 bits per heavy atom. The fourth-order valence-electron chi connectivity index (χ4n) is 3.13. The molecule has 0 atom stereocenters. The summed E-state index contributed by atoms with van der Waals surface area (Å²) in [5.41, 5.74) is 2.20. The molecule has 5 heteroatoms. The molecule has 0 spiro atoms. The fourth-order valence-corrected chi connectivity index (χ4v) is 3.13. The summed E-state index contributed by atoms with van der Waals surface area (Å²) in [6, 6.07) is 8.53. The van der Waals surface area contributed by atoms with Gasteiger partial charge in [0.25, 0.3) is 0 Å². The second-order valence-electron chi connectivity index (χ2n) is 5.99. The van der Waals surface area contributed by atoms with Gasteiger partial charge in [-0.2, -0.15) is 0 Å². The zero-order valence-corrected chi connectivity index (χ0v) is 12.8. The topological polar surface area (TPSA) is 53.4 Å². The number of hydrogen-bond acceptors (Lipinski definition) is 3. The minimum absolute atomic E-state index is 0.179. The summed E-state index contributed by atoms with van der Waals surface area (Å²) in [6.07, 6.45) is 5.04. The predicted molar refractivity (Wildman–Crippen MR) is 84.8 cm³/mol. The van der Waals surface area contributed by atoms with Crippen molar-refractivity contribution in [2.45, 2.75) is 25.3 Å².